The van der Waals surface area contributed by atoms with Crippen LogP contribution in [0, 0.1) is 0 Å². The number of piperazine rings is 1. The molecule has 1 N–H and O–H groups in total. The van der Waals surface area contributed by atoms with Crippen molar-refractivity contribution in [3.8, 4) is 0 Å². The first-order valence-corrected chi connectivity index (χ1v) is 7.74. The lowest BCUT2D eigenvalue weighted by atomic mass is 10.3. The molecule has 0 saturated carbocycles. The molecule has 24 heavy (non-hydrogen) atoms. The average molecular weight is 384 g/mol. The number of ether oxygens (including phenoxy) is 1. The van der Waals surface area contributed by atoms with Crippen LogP contribution in [0.2, 0.25) is 0 Å². The van der Waals surface area contributed by atoms with Gasteiger partial charge in [-0.3, -0.25) is 9.69 Å². The summed E-state index contributed by atoms with van der Waals surface area (Å²) in [5, 5.41) is 7.04. The maximum atomic E-state index is 12.0. The fraction of sp³-hybridized carbons (Fsp3) is 0.786. The van der Waals surface area contributed by atoms with E-state index in [1.807, 2.05) is 11.8 Å². The van der Waals surface area contributed by atoms with Crippen LogP contribution < -0.4 is 5.32 Å². The molecule has 0 unspecified atom stereocenters. The Morgan fingerprint density at radius 1 is 1.29 bits per heavy atom. The highest BCUT2D eigenvalue weighted by atomic mass is 35.5. The van der Waals surface area contributed by atoms with Crippen molar-refractivity contribution in [2.45, 2.75) is 19.9 Å². The Balaban J connectivity index is 0.00000264. The minimum absolute atomic E-state index is 0. The highest BCUT2D eigenvalue weighted by molar-refractivity contribution is 5.85. The lowest BCUT2D eigenvalue weighted by Gasteiger charge is -2.34. The summed E-state index contributed by atoms with van der Waals surface area (Å²) in [7, 11) is 1.65. The number of amides is 1. The molecule has 1 aromatic heterocycles. The number of nitrogens with one attached hydrogen (secondary N) is 1. The Kier molecular flexibility index (Phi) is 12.0. The molecule has 140 valence electrons. The molecule has 10 heteroatoms. The third-order valence-electron chi connectivity index (χ3n) is 3.66. The Labute approximate surface area is 155 Å². The van der Waals surface area contributed by atoms with Crippen molar-refractivity contribution in [3.63, 3.8) is 0 Å². The van der Waals surface area contributed by atoms with Crippen molar-refractivity contribution in [1.82, 2.24) is 25.3 Å². The molecule has 0 atom stereocenters. The molecule has 1 aromatic rings. The maximum absolute atomic E-state index is 12.0. The van der Waals surface area contributed by atoms with E-state index in [4.69, 9.17) is 9.26 Å². The first-order valence-electron chi connectivity index (χ1n) is 7.74. The summed E-state index contributed by atoms with van der Waals surface area (Å²) in [6.45, 7) is 7.49. The van der Waals surface area contributed by atoms with Gasteiger partial charge in [-0.15, -0.1) is 24.8 Å². The lowest BCUT2D eigenvalue weighted by Crippen LogP contribution is -2.50. The topological polar surface area (TPSA) is 83.7 Å². The van der Waals surface area contributed by atoms with E-state index in [1.165, 1.54) is 0 Å². The van der Waals surface area contributed by atoms with Crippen molar-refractivity contribution in [2.75, 3.05) is 53.0 Å². The van der Waals surface area contributed by atoms with Crippen molar-refractivity contribution < 1.29 is 14.1 Å². The van der Waals surface area contributed by atoms with Gasteiger partial charge < -0.3 is 19.5 Å². The van der Waals surface area contributed by atoms with E-state index < -0.39 is 0 Å². The summed E-state index contributed by atoms with van der Waals surface area (Å²) in [6.07, 6.45) is 0.755. The number of hydrogen-bond acceptors (Lipinski definition) is 7. The summed E-state index contributed by atoms with van der Waals surface area (Å²) in [5.41, 5.74) is 0. The number of nitrogens with zero attached hydrogens (tertiary/aromatic N) is 4. The fourth-order valence-corrected chi connectivity index (χ4v) is 2.33. The number of methoxy groups -OCH3 is 1. The zero-order valence-corrected chi connectivity index (χ0v) is 15.8. The molecule has 1 saturated heterocycles. The van der Waals surface area contributed by atoms with E-state index in [1.54, 1.807) is 7.11 Å². The highest BCUT2D eigenvalue weighted by Gasteiger charge is 2.21. The second-order valence-electron chi connectivity index (χ2n) is 5.28. The minimum Gasteiger partial charge on any atom is -0.383 e. The molecule has 2 rings (SSSR count). The molecule has 0 aliphatic carbocycles. The molecule has 0 bridgehead atoms. The van der Waals surface area contributed by atoms with Gasteiger partial charge in [-0.05, 0) is 0 Å². The van der Waals surface area contributed by atoms with Crippen molar-refractivity contribution in [1.29, 1.82) is 0 Å². The number of aryl methyl sites for hydroxylation is 1. The summed E-state index contributed by atoms with van der Waals surface area (Å²) >= 11 is 0. The molecule has 1 aliphatic heterocycles. The number of hydrogen-bond donors (Lipinski definition) is 1. The summed E-state index contributed by atoms with van der Waals surface area (Å²) in [4.78, 5) is 20.5. The van der Waals surface area contributed by atoms with E-state index in [2.05, 4.69) is 20.4 Å². The standard InChI is InChI=1S/C14H25N5O3.2ClH/c1-3-13-16-12(17-22-13)11-18-5-7-19(8-6-18)14(20)10-15-4-9-21-2;;/h15H,3-11H2,1-2H3;2*1H. The van der Waals surface area contributed by atoms with Gasteiger partial charge in [-0.25, -0.2) is 0 Å². The van der Waals surface area contributed by atoms with Gasteiger partial charge in [-0.2, -0.15) is 4.98 Å². The molecule has 1 aliphatic rings. The molecule has 1 fully saturated rings. The van der Waals surface area contributed by atoms with Crippen LogP contribution in [0.4, 0.5) is 0 Å². The van der Waals surface area contributed by atoms with Crippen LogP contribution >= 0.6 is 24.8 Å². The first kappa shape index (κ1) is 23.1. The zero-order chi connectivity index (χ0) is 15.8. The van der Waals surface area contributed by atoms with Gasteiger partial charge in [0.15, 0.2) is 5.82 Å². The molecule has 2 heterocycles. The number of carbonyl (C=O) groups is 1. The Morgan fingerprint density at radius 3 is 2.58 bits per heavy atom. The molecule has 0 spiro atoms. The molecular weight excluding hydrogens is 357 g/mol. The van der Waals surface area contributed by atoms with Gasteiger partial charge in [0.1, 0.15) is 0 Å². The summed E-state index contributed by atoms with van der Waals surface area (Å²) in [5.74, 6) is 1.53. The van der Waals surface area contributed by atoms with E-state index in [0.717, 1.165) is 38.4 Å². The van der Waals surface area contributed by atoms with Crippen LogP contribution in [0.5, 0.6) is 0 Å². The summed E-state index contributed by atoms with van der Waals surface area (Å²) in [6, 6.07) is 0. The predicted octanol–water partition coefficient (Wildman–Crippen LogP) is 0.356. The molecule has 0 radical (unpaired) electrons. The smallest absolute Gasteiger partial charge is 0.236 e. The number of halogens is 2. The van der Waals surface area contributed by atoms with E-state index in [0.29, 0.717) is 32.1 Å². The SMILES string of the molecule is CCc1nc(CN2CCN(C(=O)CNCCOC)CC2)no1.Cl.Cl. The Morgan fingerprint density at radius 2 is 2.00 bits per heavy atom. The zero-order valence-electron chi connectivity index (χ0n) is 14.2. The van der Waals surface area contributed by atoms with Gasteiger partial charge >= 0.3 is 0 Å². The van der Waals surface area contributed by atoms with E-state index in [9.17, 15) is 4.79 Å². The van der Waals surface area contributed by atoms with Gasteiger partial charge in [0.2, 0.25) is 11.8 Å². The maximum Gasteiger partial charge on any atom is 0.236 e. The molecule has 8 nitrogen and oxygen atoms in total. The number of carbonyl (C=O) groups excluding carboxylic acids is 1. The lowest BCUT2D eigenvalue weighted by molar-refractivity contribution is -0.132. The predicted molar refractivity (Wildman–Crippen MR) is 94.8 cm³/mol. The number of aromatic nitrogens is 2. The highest BCUT2D eigenvalue weighted by Crippen LogP contribution is 2.07. The van der Waals surface area contributed by atoms with E-state index >= 15 is 0 Å². The molecule has 0 aromatic carbocycles. The van der Waals surface area contributed by atoms with Gasteiger partial charge in [-0.1, -0.05) is 12.1 Å². The van der Waals surface area contributed by atoms with E-state index in [-0.39, 0.29) is 30.7 Å². The monoisotopic (exact) mass is 383 g/mol. The summed E-state index contributed by atoms with van der Waals surface area (Å²) < 4.78 is 10.0. The first-order chi connectivity index (χ1) is 10.7. The van der Waals surface area contributed by atoms with Crippen molar-refractivity contribution >= 4 is 30.7 Å². The Bertz CT molecular complexity index is 467. The third kappa shape index (κ3) is 7.31. The number of rotatable bonds is 8. The Hall–Kier alpha value is -0.930. The van der Waals surface area contributed by atoms with Crippen LogP contribution in [-0.2, 0) is 22.5 Å². The van der Waals surface area contributed by atoms with Crippen LogP contribution in [0.15, 0.2) is 4.52 Å². The molecule has 1 amide bonds. The van der Waals surface area contributed by atoms with Crippen LogP contribution in [0.1, 0.15) is 18.6 Å². The normalized spacial score (nSPS) is 14.8. The van der Waals surface area contributed by atoms with Gasteiger partial charge in [0, 0.05) is 46.3 Å². The van der Waals surface area contributed by atoms with Crippen LogP contribution in [0.25, 0.3) is 0 Å². The van der Waals surface area contributed by atoms with Gasteiger partial charge in [0.05, 0.1) is 19.7 Å². The third-order valence-corrected chi connectivity index (χ3v) is 3.66. The second-order valence-corrected chi connectivity index (χ2v) is 5.28. The van der Waals surface area contributed by atoms with Crippen LogP contribution in [-0.4, -0.2) is 78.8 Å². The molecular formula is C14H27Cl2N5O3. The van der Waals surface area contributed by atoms with Crippen molar-refractivity contribution in [2.24, 2.45) is 0 Å². The fourth-order valence-electron chi connectivity index (χ4n) is 2.33. The average Bonchev–Trinajstić information content (AvgIpc) is 3.00. The van der Waals surface area contributed by atoms with Gasteiger partial charge in [0.25, 0.3) is 0 Å². The second kappa shape index (κ2) is 12.4. The minimum atomic E-state index is 0. The largest absolute Gasteiger partial charge is 0.383 e. The van der Waals surface area contributed by atoms with Crippen LogP contribution in [0.3, 0.4) is 0 Å². The quantitative estimate of drug-likeness (QED) is 0.648. The van der Waals surface area contributed by atoms with Crippen molar-refractivity contribution in [3.05, 3.63) is 11.7 Å².